The zero-order valence-electron chi connectivity index (χ0n) is 8.04. The van der Waals surface area contributed by atoms with Crippen molar-refractivity contribution in [3.8, 4) is 0 Å². The predicted molar refractivity (Wildman–Crippen MR) is 74.1 cm³/mol. The van der Waals surface area contributed by atoms with Crippen LogP contribution < -0.4 is 5.32 Å². The minimum absolute atomic E-state index is 0.0933. The Balaban J connectivity index is 2.10. The maximum Gasteiger partial charge on any atom is 0.256 e. The first-order valence-corrected chi connectivity index (χ1v) is 6.92. The van der Waals surface area contributed by atoms with Crippen LogP contribution in [0.4, 0.5) is 5.69 Å². The number of thiophene rings is 1. The highest BCUT2D eigenvalue weighted by atomic mass is 79.9. The summed E-state index contributed by atoms with van der Waals surface area (Å²) in [5.41, 5.74) is 1.45. The number of hydrogen-bond acceptors (Lipinski definition) is 2. The van der Waals surface area contributed by atoms with Gasteiger partial charge in [-0.25, -0.2) is 0 Å². The molecule has 0 aliphatic carbocycles. The predicted octanol–water partition coefficient (Wildman–Crippen LogP) is 4.53. The molecule has 2 rings (SSSR count). The van der Waals surface area contributed by atoms with E-state index in [0.717, 1.165) is 13.9 Å². The molecule has 1 amide bonds. The molecule has 1 heterocycles. The second-order valence-corrected chi connectivity index (χ2v) is 6.31. The summed E-state index contributed by atoms with van der Waals surface area (Å²) in [6, 6.07) is 9.28. The van der Waals surface area contributed by atoms with Crippen LogP contribution in [0.15, 0.2) is 44.0 Å². The molecule has 16 heavy (non-hydrogen) atoms. The summed E-state index contributed by atoms with van der Waals surface area (Å²) in [4.78, 5) is 11.8. The summed E-state index contributed by atoms with van der Waals surface area (Å²) in [6.07, 6.45) is 0. The lowest BCUT2D eigenvalue weighted by Crippen LogP contribution is -2.10. The van der Waals surface area contributed by atoms with Crippen molar-refractivity contribution in [3.63, 3.8) is 0 Å². The Morgan fingerprint density at radius 1 is 1.19 bits per heavy atom. The van der Waals surface area contributed by atoms with Gasteiger partial charge >= 0.3 is 0 Å². The van der Waals surface area contributed by atoms with Crippen molar-refractivity contribution >= 4 is 54.8 Å². The molecule has 0 fully saturated rings. The fraction of sp³-hybridized carbons (Fsp3) is 0. The number of carbonyl (C=O) groups is 1. The Hall–Kier alpha value is -0.650. The molecule has 0 saturated heterocycles. The molecule has 2 nitrogen and oxygen atoms in total. The van der Waals surface area contributed by atoms with Gasteiger partial charge in [-0.2, -0.15) is 0 Å². The van der Waals surface area contributed by atoms with E-state index in [1.54, 1.807) is 6.07 Å². The van der Waals surface area contributed by atoms with Gasteiger partial charge < -0.3 is 5.32 Å². The Morgan fingerprint density at radius 3 is 2.44 bits per heavy atom. The van der Waals surface area contributed by atoms with Crippen LogP contribution in [-0.2, 0) is 0 Å². The van der Waals surface area contributed by atoms with Crippen molar-refractivity contribution in [2.24, 2.45) is 0 Å². The summed E-state index contributed by atoms with van der Waals surface area (Å²) in [5.74, 6) is -0.0933. The zero-order chi connectivity index (χ0) is 11.5. The van der Waals surface area contributed by atoms with Crippen LogP contribution in [-0.4, -0.2) is 5.91 Å². The normalized spacial score (nSPS) is 10.1. The third-order valence-corrected chi connectivity index (χ3v) is 3.96. The molecule has 2 aromatic rings. The molecule has 5 heteroatoms. The lowest BCUT2D eigenvalue weighted by molar-refractivity contribution is 0.102. The zero-order valence-corrected chi connectivity index (χ0v) is 12.0. The molecule has 1 N–H and O–H groups in total. The van der Waals surface area contributed by atoms with Crippen LogP contribution in [0.2, 0.25) is 0 Å². The summed E-state index contributed by atoms with van der Waals surface area (Å²) >= 11 is 8.16. The van der Waals surface area contributed by atoms with E-state index in [1.807, 2.05) is 29.6 Å². The minimum Gasteiger partial charge on any atom is -0.322 e. The third-order valence-electron chi connectivity index (χ3n) is 1.93. The quantitative estimate of drug-likeness (QED) is 0.837. The van der Waals surface area contributed by atoms with E-state index in [4.69, 9.17) is 0 Å². The summed E-state index contributed by atoms with van der Waals surface area (Å²) in [6.45, 7) is 0. The first kappa shape index (κ1) is 11.8. The SMILES string of the molecule is O=C(Nc1ccc(Br)cc1)c1csc(Br)c1. The molecular formula is C11H7Br2NOS. The van der Waals surface area contributed by atoms with Crippen LogP contribution in [0.25, 0.3) is 0 Å². The van der Waals surface area contributed by atoms with E-state index in [1.165, 1.54) is 11.3 Å². The minimum atomic E-state index is -0.0933. The maximum absolute atomic E-state index is 11.8. The number of carbonyl (C=O) groups excluding carboxylic acids is 1. The summed E-state index contributed by atoms with van der Waals surface area (Å²) in [5, 5.41) is 4.64. The van der Waals surface area contributed by atoms with Crippen molar-refractivity contribution in [2.45, 2.75) is 0 Å². The number of anilines is 1. The highest BCUT2D eigenvalue weighted by Crippen LogP contribution is 2.22. The van der Waals surface area contributed by atoms with Gasteiger partial charge in [0.05, 0.1) is 9.35 Å². The molecule has 1 aromatic carbocycles. The Bertz CT molecular complexity index is 507. The molecular weight excluding hydrogens is 354 g/mol. The van der Waals surface area contributed by atoms with Crippen molar-refractivity contribution in [3.05, 3.63) is 49.5 Å². The standard InChI is InChI=1S/C11H7Br2NOS/c12-8-1-3-9(4-2-8)14-11(15)7-5-10(13)16-6-7/h1-6H,(H,14,15). The van der Waals surface area contributed by atoms with Crippen LogP contribution in [0, 0.1) is 0 Å². The van der Waals surface area contributed by atoms with Crippen molar-refractivity contribution < 1.29 is 4.79 Å². The average Bonchev–Trinajstić information content (AvgIpc) is 2.68. The smallest absolute Gasteiger partial charge is 0.256 e. The second-order valence-electron chi connectivity index (χ2n) is 3.10. The molecule has 0 radical (unpaired) electrons. The van der Waals surface area contributed by atoms with Crippen molar-refractivity contribution in [2.75, 3.05) is 5.32 Å². The Morgan fingerprint density at radius 2 is 1.88 bits per heavy atom. The van der Waals surface area contributed by atoms with Gasteiger partial charge in [-0.1, -0.05) is 15.9 Å². The van der Waals surface area contributed by atoms with Gasteiger partial charge in [0.2, 0.25) is 0 Å². The largest absolute Gasteiger partial charge is 0.322 e. The molecule has 0 bridgehead atoms. The van der Waals surface area contributed by atoms with Crippen LogP contribution in [0.3, 0.4) is 0 Å². The van der Waals surface area contributed by atoms with Gasteiger partial charge in [0.25, 0.3) is 5.91 Å². The lowest BCUT2D eigenvalue weighted by Gasteiger charge is -2.03. The second kappa shape index (κ2) is 5.12. The van der Waals surface area contributed by atoms with Gasteiger partial charge in [0, 0.05) is 15.5 Å². The molecule has 1 aromatic heterocycles. The molecule has 0 spiro atoms. The monoisotopic (exact) mass is 359 g/mol. The van der Waals surface area contributed by atoms with E-state index >= 15 is 0 Å². The number of rotatable bonds is 2. The summed E-state index contributed by atoms with van der Waals surface area (Å²) in [7, 11) is 0. The van der Waals surface area contributed by atoms with E-state index in [0.29, 0.717) is 5.56 Å². The third kappa shape index (κ3) is 2.93. The van der Waals surface area contributed by atoms with Crippen LogP contribution in [0.1, 0.15) is 10.4 Å². The van der Waals surface area contributed by atoms with Gasteiger partial charge in [0.15, 0.2) is 0 Å². The number of hydrogen-bond donors (Lipinski definition) is 1. The van der Waals surface area contributed by atoms with E-state index in [-0.39, 0.29) is 5.91 Å². The van der Waals surface area contributed by atoms with Crippen LogP contribution >= 0.6 is 43.2 Å². The maximum atomic E-state index is 11.8. The van der Waals surface area contributed by atoms with Gasteiger partial charge in [-0.15, -0.1) is 11.3 Å². The molecule has 0 saturated carbocycles. The average molecular weight is 361 g/mol. The number of benzene rings is 1. The molecule has 0 atom stereocenters. The van der Waals surface area contributed by atoms with E-state index in [9.17, 15) is 4.79 Å². The fourth-order valence-corrected chi connectivity index (χ4v) is 2.57. The van der Waals surface area contributed by atoms with Gasteiger partial charge in [-0.05, 0) is 46.3 Å². The highest BCUT2D eigenvalue weighted by molar-refractivity contribution is 9.11. The first-order valence-electron chi connectivity index (χ1n) is 4.46. The number of nitrogens with one attached hydrogen (secondary N) is 1. The van der Waals surface area contributed by atoms with Gasteiger partial charge in [-0.3, -0.25) is 4.79 Å². The Kier molecular flexibility index (Phi) is 3.78. The van der Waals surface area contributed by atoms with Crippen molar-refractivity contribution in [1.82, 2.24) is 0 Å². The van der Waals surface area contributed by atoms with E-state index < -0.39 is 0 Å². The summed E-state index contributed by atoms with van der Waals surface area (Å²) < 4.78 is 1.94. The van der Waals surface area contributed by atoms with E-state index in [2.05, 4.69) is 37.2 Å². The molecule has 0 aliphatic rings. The highest BCUT2D eigenvalue weighted by Gasteiger charge is 2.07. The van der Waals surface area contributed by atoms with Crippen LogP contribution in [0.5, 0.6) is 0 Å². The lowest BCUT2D eigenvalue weighted by atomic mass is 10.3. The molecule has 0 unspecified atom stereocenters. The van der Waals surface area contributed by atoms with Crippen molar-refractivity contribution in [1.29, 1.82) is 0 Å². The fourth-order valence-electron chi connectivity index (χ4n) is 1.17. The Labute approximate surface area is 114 Å². The number of amides is 1. The number of halogens is 2. The molecule has 0 aliphatic heterocycles. The first-order chi connectivity index (χ1) is 7.65. The van der Waals surface area contributed by atoms with Gasteiger partial charge in [0.1, 0.15) is 0 Å². The topological polar surface area (TPSA) is 29.1 Å². The molecule has 82 valence electrons.